The fourth-order valence-corrected chi connectivity index (χ4v) is 3.09. The first-order valence-electron chi connectivity index (χ1n) is 6.48. The van der Waals surface area contributed by atoms with Gasteiger partial charge in [-0.3, -0.25) is 4.79 Å². The average molecular weight is 361 g/mol. The summed E-state index contributed by atoms with van der Waals surface area (Å²) in [5.74, 6) is 0.427. The van der Waals surface area contributed by atoms with Crippen LogP contribution >= 0.6 is 15.9 Å². The van der Waals surface area contributed by atoms with E-state index < -0.39 is 10.0 Å². The van der Waals surface area contributed by atoms with Crippen LogP contribution in [0.25, 0.3) is 0 Å². The highest BCUT2D eigenvalue weighted by Gasteiger charge is 2.18. The molecule has 1 aliphatic carbocycles. The molecule has 110 valence electrons. The largest absolute Gasteiger partial charge is 0.352 e. The molecule has 0 radical (unpaired) electrons. The van der Waals surface area contributed by atoms with E-state index in [-0.39, 0.29) is 16.4 Å². The Morgan fingerprint density at radius 2 is 2.10 bits per heavy atom. The standard InChI is InChI=1S/C13H17BrN2O3S/c14-12-5-4-10(20(15,18)19)8-11(12)13(17)16-7-6-9-2-1-3-9/h4-5,8-9H,1-3,6-7H2,(H,16,17)(H2,15,18,19). The number of carbonyl (C=O) groups excluding carboxylic acids is 1. The van der Waals surface area contributed by atoms with Gasteiger partial charge in [0.05, 0.1) is 10.5 Å². The van der Waals surface area contributed by atoms with Gasteiger partial charge in [0.2, 0.25) is 10.0 Å². The highest BCUT2D eigenvalue weighted by atomic mass is 79.9. The third kappa shape index (κ3) is 3.80. The van der Waals surface area contributed by atoms with Crippen molar-refractivity contribution >= 4 is 31.9 Å². The van der Waals surface area contributed by atoms with Crippen LogP contribution < -0.4 is 10.5 Å². The number of carbonyl (C=O) groups is 1. The Morgan fingerprint density at radius 3 is 2.65 bits per heavy atom. The maximum absolute atomic E-state index is 12.1. The second kappa shape index (κ2) is 6.24. The summed E-state index contributed by atoms with van der Waals surface area (Å²) in [5, 5.41) is 7.88. The predicted octanol–water partition coefficient (Wildman–Crippen LogP) is 2.02. The predicted molar refractivity (Wildman–Crippen MR) is 79.8 cm³/mol. The fourth-order valence-electron chi connectivity index (χ4n) is 2.12. The molecule has 1 aliphatic rings. The average Bonchev–Trinajstić information content (AvgIpc) is 2.31. The van der Waals surface area contributed by atoms with Gasteiger partial charge >= 0.3 is 0 Å². The molecule has 1 saturated carbocycles. The minimum Gasteiger partial charge on any atom is -0.352 e. The number of hydrogen-bond donors (Lipinski definition) is 2. The summed E-state index contributed by atoms with van der Waals surface area (Å²) >= 11 is 3.25. The molecule has 0 unspecified atom stereocenters. The molecule has 0 bridgehead atoms. The van der Waals surface area contributed by atoms with E-state index in [1.54, 1.807) is 0 Å². The molecule has 0 saturated heterocycles. The Balaban J connectivity index is 2.04. The Kier molecular flexibility index (Phi) is 4.82. The smallest absolute Gasteiger partial charge is 0.252 e. The van der Waals surface area contributed by atoms with Gasteiger partial charge in [-0.05, 0) is 46.5 Å². The first-order valence-corrected chi connectivity index (χ1v) is 8.82. The maximum atomic E-state index is 12.1. The molecule has 2 rings (SSSR count). The Labute approximate surface area is 127 Å². The van der Waals surface area contributed by atoms with Crippen LogP contribution in [-0.4, -0.2) is 20.9 Å². The van der Waals surface area contributed by atoms with Crippen LogP contribution in [0.2, 0.25) is 0 Å². The van der Waals surface area contributed by atoms with Gasteiger partial charge in [-0.15, -0.1) is 0 Å². The lowest BCUT2D eigenvalue weighted by atomic mass is 9.83. The van der Waals surface area contributed by atoms with Gasteiger partial charge in [0.15, 0.2) is 0 Å². The molecule has 5 nitrogen and oxygen atoms in total. The van der Waals surface area contributed by atoms with Crippen LogP contribution in [0.1, 0.15) is 36.0 Å². The number of nitrogens with one attached hydrogen (secondary N) is 1. The first kappa shape index (κ1) is 15.5. The van der Waals surface area contributed by atoms with Crippen molar-refractivity contribution in [3.63, 3.8) is 0 Å². The molecule has 3 N–H and O–H groups in total. The first-order chi connectivity index (χ1) is 9.38. The van der Waals surface area contributed by atoms with Gasteiger partial charge in [0, 0.05) is 11.0 Å². The number of benzene rings is 1. The van der Waals surface area contributed by atoms with Crippen molar-refractivity contribution in [3.05, 3.63) is 28.2 Å². The number of primary sulfonamides is 1. The Morgan fingerprint density at radius 1 is 1.40 bits per heavy atom. The highest BCUT2D eigenvalue weighted by Crippen LogP contribution is 2.28. The zero-order valence-electron chi connectivity index (χ0n) is 10.9. The van der Waals surface area contributed by atoms with Gasteiger partial charge in [0.1, 0.15) is 0 Å². The number of sulfonamides is 1. The lowest BCUT2D eigenvalue weighted by Gasteiger charge is -2.25. The van der Waals surface area contributed by atoms with E-state index in [0.29, 0.717) is 11.0 Å². The van der Waals surface area contributed by atoms with E-state index in [9.17, 15) is 13.2 Å². The van der Waals surface area contributed by atoms with Crippen LogP contribution in [-0.2, 0) is 10.0 Å². The zero-order valence-corrected chi connectivity index (χ0v) is 13.3. The number of nitrogens with two attached hydrogens (primary N) is 1. The van der Waals surface area contributed by atoms with Crippen molar-refractivity contribution < 1.29 is 13.2 Å². The van der Waals surface area contributed by atoms with Gasteiger partial charge in [-0.2, -0.15) is 0 Å². The molecule has 1 aromatic carbocycles. The van der Waals surface area contributed by atoms with Crippen LogP contribution in [0.15, 0.2) is 27.6 Å². The molecule has 20 heavy (non-hydrogen) atoms. The summed E-state index contributed by atoms with van der Waals surface area (Å²) in [6, 6.07) is 4.17. The molecule has 0 heterocycles. The van der Waals surface area contributed by atoms with Gasteiger partial charge in [0.25, 0.3) is 5.91 Å². The minimum atomic E-state index is -3.81. The molecular formula is C13H17BrN2O3S. The van der Waals surface area contributed by atoms with Crippen LogP contribution in [0.5, 0.6) is 0 Å². The quantitative estimate of drug-likeness (QED) is 0.841. The van der Waals surface area contributed by atoms with E-state index in [4.69, 9.17) is 5.14 Å². The number of hydrogen-bond acceptors (Lipinski definition) is 3. The summed E-state index contributed by atoms with van der Waals surface area (Å²) in [7, 11) is -3.81. The number of rotatable bonds is 5. The molecule has 7 heteroatoms. The van der Waals surface area contributed by atoms with Crippen LogP contribution in [0, 0.1) is 5.92 Å². The van der Waals surface area contributed by atoms with Crippen molar-refractivity contribution in [2.24, 2.45) is 11.1 Å². The minimum absolute atomic E-state index is 0.0650. The number of amides is 1. The Bertz CT molecular complexity index is 612. The van der Waals surface area contributed by atoms with Crippen LogP contribution in [0.4, 0.5) is 0 Å². The SMILES string of the molecule is NS(=O)(=O)c1ccc(Br)c(C(=O)NCCC2CCC2)c1. The summed E-state index contributed by atoms with van der Waals surface area (Å²) in [6.45, 7) is 0.607. The second-order valence-corrected chi connectivity index (χ2v) is 7.44. The zero-order chi connectivity index (χ0) is 14.8. The molecular weight excluding hydrogens is 344 g/mol. The van der Waals surface area contributed by atoms with Crippen molar-refractivity contribution in [3.8, 4) is 0 Å². The van der Waals surface area contributed by atoms with E-state index in [2.05, 4.69) is 21.2 Å². The van der Waals surface area contributed by atoms with Crippen molar-refractivity contribution in [2.75, 3.05) is 6.54 Å². The molecule has 0 spiro atoms. The topological polar surface area (TPSA) is 89.3 Å². The third-order valence-corrected chi connectivity index (χ3v) is 5.18. The van der Waals surface area contributed by atoms with Gasteiger partial charge in [-0.1, -0.05) is 19.3 Å². The number of halogens is 1. The molecule has 0 aromatic heterocycles. The summed E-state index contributed by atoms with van der Waals surface area (Å²) in [4.78, 5) is 12.0. The molecule has 0 aliphatic heterocycles. The van der Waals surface area contributed by atoms with Crippen molar-refractivity contribution in [2.45, 2.75) is 30.6 Å². The van der Waals surface area contributed by atoms with E-state index >= 15 is 0 Å². The monoisotopic (exact) mass is 360 g/mol. The lowest BCUT2D eigenvalue weighted by Crippen LogP contribution is -2.28. The van der Waals surface area contributed by atoms with Crippen molar-refractivity contribution in [1.82, 2.24) is 5.32 Å². The highest BCUT2D eigenvalue weighted by molar-refractivity contribution is 9.10. The second-order valence-electron chi connectivity index (χ2n) is 5.03. The normalized spacial score (nSPS) is 15.7. The van der Waals surface area contributed by atoms with E-state index in [1.807, 2.05) is 0 Å². The molecule has 1 amide bonds. The summed E-state index contributed by atoms with van der Waals surface area (Å²) in [5.41, 5.74) is 0.283. The van der Waals surface area contributed by atoms with Gasteiger partial charge < -0.3 is 5.32 Å². The lowest BCUT2D eigenvalue weighted by molar-refractivity contribution is 0.0948. The molecule has 0 atom stereocenters. The fraction of sp³-hybridized carbons (Fsp3) is 0.462. The molecule has 1 fully saturated rings. The van der Waals surface area contributed by atoms with Gasteiger partial charge in [-0.25, -0.2) is 13.6 Å². The molecule has 1 aromatic rings. The summed E-state index contributed by atoms with van der Waals surface area (Å²) < 4.78 is 23.1. The van der Waals surface area contributed by atoms with Crippen molar-refractivity contribution in [1.29, 1.82) is 0 Å². The maximum Gasteiger partial charge on any atom is 0.252 e. The van der Waals surface area contributed by atoms with E-state index in [1.165, 1.54) is 37.5 Å². The summed E-state index contributed by atoms with van der Waals surface area (Å²) in [6.07, 6.45) is 4.72. The van der Waals surface area contributed by atoms with E-state index in [0.717, 1.165) is 12.3 Å². The third-order valence-electron chi connectivity index (χ3n) is 3.57. The van der Waals surface area contributed by atoms with Crippen LogP contribution in [0.3, 0.4) is 0 Å². The Hall–Kier alpha value is -0.920.